The van der Waals surface area contributed by atoms with Gasteiger partial charge in [-0.15, -0.1) is 0 Å². The summed E-state index contributed by atoms with van der Waals surface area (Å²) in [7, 11) is 0. The predicted octanol–water partition coefficient (Wildman–Crippen LogP) is 4.78. The zero-order valence-electron chi connectivity index (χ0n) is 15.3. The third-order valence-electron chi connectivity index (χ3n) is 5.64. The van der Waals surface area contributed by atoms with E-state index >= 15 is 0 Å². The fraction of sp³-hybridized carbons (Fsp3) is 0.429. The van der Waals surface area contributed by atoms with Gasteiger partial charge in [-0.25, -0.2) is 9.78 Å². The van der Waals surface area contributed by atoms with Crippen LogP contribution in [-0.2, 0) is 6.54 Å². The number of allylic oxidation sites excluding steroid dienone is 2. The van der Waals surface area contributed by atoms with Gasteiger partial charge < -0.3 is 14.8 Å². The van der Waals surface area contributed by atoms with Gasteiger partial charge in [-0.05, 0) is 55.2 Å². The molecular weight excluding hydrogens is 404 g/mol. The summed E-state index contributed by atoms with van der Waals surface area (Å²) in [6.45, 7) is 2.45. The Labute approximate surface area is 168 Å². The molecule has 6 heteroatoms. The van der Waals surface area contributed by atoms with Crippen molar-refractivity contribution in [3.05, 3.63) is 59.6 Å². The van der Waals surface area contributed by atoms with E-state index in [9.17, 15) is 4.79 Å². The fourth-order valence-electron chi connectivity index (χ4n) is 4.30. The first-order valence-electron chi connectivity index (χ1n) is 9.63. The summed E-state index contributed by atoms with van der Waals surface area (Å²) in [6, 6.07) is 7.74. The molecule has 1 fully saturated rings. The van der Waals surface area contributed by atoms with E-state index in [0.29, 0.717) is 11.8 Å². The van der Waals surface area contributed by atoms with Crippen molar-refractivity contribution in [2.75, 3.05) is 18.4 Å². The minimum absolute atomic E-state index is 0.00881. The van der Waals surface area contributed by atoms with Crippen LogP contribution in [0.1, 0.15) is 19.3 Å². The Hall–Kier alpha value is -2.08. The van der Waals surface area contributed by atoms with Gasteiger partial charge in [0.05, 0.1) is 6.33 Å². The van der Waals surface area contributed by atoms with Crippen LogP contribution >= 0.6 is 15.9 Å². The van der Waals surface area contributed by atoms with E-state index in [1.807, 2.05) is 41.7 Å². The summed E-state index contributed by atoms with van der Waals surface area (Å²) in [4.78, 5) is 19.1. The molecule has 27 heavy (non-hydrogen) atoms. The fourth-order valence-corrected chi connectivity index (χ4v) is 4.69. The second-order valence-electron chi connectivity index (χ2n) is 7.58. The second-order valence-corrected chi connectivity index (χ2v) is 8.50. The number of aromatic nitrogens is 2. The van der Waals surface area contributed by atoms with Crippen molar-refractivity contribution in [2.24, 2.45) is 17.8 Å². The lowest BCUT2D eigenvalue weighted by atomic mass is 9.93. The maximum absolute atomic E-state index is 13.0. The van der Waals surface area contributed by atoms with E-state index in [2.05, 4.69) is 42.9 Å². The number of nitrogens with zero attached hydrogens (tertiary/aromatic N) is 3. The van der Waals surface area contributed by atoms with Gasteiger partial charge in [0.15, 0.2) is 0 Å². The van der Waals surface area contributed by atoms with Crippen LogP contribution < -0.4 is 5.32 Å². The van der Waals surface area contributed by atoms with Crippen molar-refractivity contribution >= 4 is 27.6 Å². The smallest absolute Gasteiger partial charge is 0.321 e. The Morgan fingerprint density at radius 3 is 2.96 bits per heavy atom. The summed E-state index contributed by atoms with van der Waals surface area (Å²) >= 11 is 3.46. The zero-order chi connectivity index (χ0) is 18.6. The number of carbonyl (C=O) groups is 1. The monoisotopic (exact) mass is 428 g/mol. The highest BCUT2D eigenvalue weighted by Gasteiger charge is 2.37. The molecular formula is C21H25BrN4O. The number of hydrogen-bond donors (Lipinski definition) is 1. The SMILES string of the molecule is O=C(Nc1cccc(Br)c1)N(CCCn1ccnc1)CC1CC2C=CC1C2. The number of aryl methyl sites for hydroxylation is 1. The number of urea groups is 1. The number of hydrogen-bond acceptors (Lipinski definition) is 2. The average Bonchev–Trinajstić information content (AvgIpc) is 3.39. The van der Waals surface area contributed by atoms with E-state index in [1.165, 1.54) is 12.8 Å². The molecule has 0 saturated heterocycles. The van der Waals surface area contributed by atoms with E-state index < -0.39 is 0 Å². The van der Waals surface area contributed by atoms with E-state index in [1.54, 1.807) is 6.20 Å². The molecule has 0 aliphatic heterocycles. The molecule has 2 aliphatic carbocycles. The third kappa shape index (κ3) is 4.61. The molecule has 3 unspecified atom stereocenters. The standard InChI is InChI=1S/C21H25BrN4O/c22-19-3-1-4-20(13-19)24-21(27)26(9-2-8-25-10-7-23-15-25)14-18-12-16-5-6-17(18)11-16/h1,3-7,10,13,15-18H,2,8-9,11-12,14H2,(H,24,27). The van der Waals surface area contributed by atoms with Crippen molar-refractivity contribution in [2.45, 2.75) is 25.8 Å². The summed E-state index contributed by atoms with van der Waals surface area (Å²) < 4.78 is 3.02. The number of anilines is 1. The molecule has 1 saturated carbocycles. The number of imidazole rings is 1. The largest absolute Gasteiger partial charge is 0.337 e. The Balaban J connectivity index is 1.39. The van der Waals surface area contributed by atoms with Crippen LogP contribution in [0.15, 0.2) is 59.6 Å². The minimum atomic E-state index is -0.00881. The average molecular weight is 429 g/mol. The maximum Gasteiger partial charge on any atom is 0.321 e. The summed E-state index contributed by atoms with van der Waals surface area (Å²) in [5.74, 6) is 1.95. The summed E-state index contributed by atoms with van der Waals surface area (Å²) in [6.07, 6.45) is 13.7. The molecule has 4 rings (SSSR count). The van der Waals surface area contributed by atoms with Crippen LogP contribution in [0.4, 0.5) is 10.5 Å². The maximum atomic E-state index is 13.0. The summed E-state index contributed by atoms with van der Waals surface area (Å²) in [5, 5.41) is 3.06. The van der Waals surface area contributed by atoms with Gasteiger partial charge in [-0.2, -0.15) is 0 Å². The molecule has 1 aromatic carbocycles. The number of fused-ring (bicyclic) bond motifs is 2. The van der Waals surface area contributed by atoms with Gasteiger partial charge in [0.25, 0.3) is 0 Å². The van der Waals surface area contributed by atoms with Gasteiger partial charge in [-0.3, -0.25) is 0 Å². The highest BCUT2D eigenvalue weighted by atomic mass is 79.9. The number of rotatable bonds is 7. The molecule has 142 valence electrons. The highest BCUT2D eigenvalue weighted by Crippen LogP contribution is 2.43. The van der Waals surface area contributed by atoms with Crippen molar-refractivity contribution in [1.29, 1.82) is 0 Å². The van der Waals surface area contributed by atoms with E-state index in [4.69, 9.17) is 0 Å². The minimum Gasteiger partial charge on any atom is -0.337 e. The first-order valence-corrected chi connectivity index (χ1v) is 10.4. The molecule has 3 atom stereocenters. The van der Waals surface area contributed by atoms with Crippen LogP contribution in [0, 0.1) is 17.8 Å². The number of amides is 2. The quantitative estimate of drug-likeness (QED) is 0.644. The van der Waals surface area contributed by atoms with Gasteiger partial charge in [-0.1, -0.05) is 34.1 Å². The third-order valence-corrected chi connectivity index (χ3v) is 6.13. The number of halogens is 1. The molecule has 1 aromatic heterocycles. The van der Waals surface area contributed by atoms with Gasteiger partial charge in [0.2, 0.25) is 0 Å². The first-order chi connectivity index (χ1) is 13.2. The van der Waals surface area contributed by atoms with Crippen molar-refractivity contribution in [1.82, 2.24) is 14.5 Å². The van der Waals surface area contributed by atoms with E-state index in [-0.39, 0.29) is 6.03 Å². The number of carbonyl (C=O) groups excluding carboxylic acids is 1. The number of benzene rings is 1. The second kappa shape index (κ2) is 8.30. The molecule has 2 amide bonds. The van der Waals surface area contributed by atoms with Crippen LogP contribution in [0.5, 0.6) is 0 Å². The lowest BCUT2D eigenvalue weighted by Gasteiger charge is -2.29. The Morgan fingerprint density at radius 1 is 1.33 bits per heavy atom. The first kappa shape index (κ1) is 18.3. The normalized spacial score (nSPS) is 22.9. The zero-order valence-corrected chi connectivity index (χ0v) is 16.9. The highest BCUT2D eigenvalue weighted by molar-refractivity contribution is 9.10. The molecule has 0 spiro atoms. The number of nitrogens with one attached hydrogen (secondary N) is 1. The molecule has 2 aromatic rings. The Bertz CT molecular complexity index is 804. The van der Waals surface area contributed by atoms with E-state index in [0.717, 1.165) is 42.1 Å². The van der Waals surface area contributed by atoms with Crippen LogP contribution in [0.3, 0.4) is 0 Å². The van der Waals surface area contributed by atoms with Crippen LogP contribution in [-0.4, -0.2) is 33.6 Å². The Morgan fingerprint density at radius 2 is 2.26 bits per heavy atom. The predicted molar refractivity (Wildman–Crippen MR) is 110 cm³/mol. The van der Waals surface area contributed by atoms with Crippen molar-refractivity contribution in [3.63, 3.8) is 0 Å². The molecule has 2 bridgehead atoms. The van der Waals surface area contributed by atoms with Crippen LogP contribution in [0.2, 0.25) is 0 Å². The van der Waals surface area contributed by atoms with Crippen LogP contribution in [0.25, 0.3) is 0 Å². The molecule has 1 heterocycles. The van der Waals surface area contributed by atoms with Crippen molar-refractivity contribution in [3.8, 4) is 0 Å². The molecule has 0 radical (unpaired) electrons. The molecule has 2 aliphatic rings. The Kier molecular flexibility index (Phi) is 5.62. The van der Waals surface area contributed by atoms with Crippen molar-refractivity contribution < 1.29 is 4.79 Å². The summed E-state index contributed by atoms with van der Waals surface area (Å²) in [5.41, 5.74) is 0.821. The van der Waals surface area contributed by atoms with Gasteiger partial charge in [0, 0.05) is 42.2 Å². The topological polar surface area (TPSA) is 50.2 Å². The lowest BCUT2D eigenvalue weighted by molar-refractivity contribution is 0.193. The lowest BCUT2D eigenvalue weighted by Crippen LogP contribution is -2.40. The molecule has 5 nitrogen and oxygen atoms in total. The van der Waals surface area contributed by atoms with Gasteiger partial charge in [0.1, 0.15) is 0 Å². The van der Waals surface area contributed by atoms with Gasteiger partial charge >= 0.3 is 6.03 Å². The molecule has 1 N–H and O–H groups in total.